The van der Waals surface area contributed by atoms with E-state index in [9.17, 15) is 0 Å². The molecule has 0 saturated carbocycles. The molecule has 0 aliphatic rings. The van der Waals surface area contributed by atoms with E-state index in [0.717, 1.165) is 0 Å². The van der Waals surface area contributed by atoms with Crippen molar-refractivity contribution in [2.75, 3.05) is 19.0 Å². The molecule has 0 fully saturated rings. The van der Waals surface area contributed by atoms with Crippen LogP contribution in [0.2, 0.25) is 0 Å². The van der Waals surface area contributed by atoms with Crippen LogP contribution in [0.25, 0.3) is 32.7 Å². The topological polar surface area (TPSA) is 3.24 Å². The summed E-state index contributed by atoms with van der Waals surface area (Å²) in [4.78, 5) is 2.13. The van der Waals surface area contributed by atoms with Crippen LogP contribution in [0.5, 0.6) is 0 Å². The molecule has 0 heterocycles. The number of benzene rings is 4. The van der Waals surface area contributed by atoms with Crippen LogP contribution in [0, 0.1) is 0 Å². The van der Waals surface area contributed by atoms with Crippen molar-refractivity contribution in [1.29, 1.82) is 0 Å². The van der Waals surface area contributed by atoms with Gasteiger partial charge in [0.25, 0.3) is 0 Å². The summed E-state index contributed by atoms with van der Waals surface area (Å²) in [5.74, 6) is 0. The minimum Gasteiger partial charge on any atom is -0.378 e. The third-order valence-electron chi connectivity index (χ3n) is 4.44. The first kappa shape index (κ1) is 13.8. The molecule has 0 amide bonds. The van der Waals surface area contributed by atoms with Crippen LogP contribution >= 0.6 is 0 Å². The summed E-state index contributed by atoms with van der Waals surface area (Å²) in [6.07, 6.45) is 0. The molecule has 23 heavy (non-hydrogen) atoms. The molecule has 0 N–H and O–H groups in total. The molecule has 0 unspecified atom stereocenters. The molecule has 4 rings (SSSR count). The van der Waals surface area contributed by atoms with Gasteiger partial charge in [-0.3, -0.25) is 0 Å². The number of rotatable bonds is 2. The molecule has 4 aromatic carbocycles. The summed E-state index contributed by atoms with van der Waals surface area (Å²) in [6.45, 7) is 0. The van der Waals surface area contributed by atoms with E-state index in [1.165, 1.54) is 38.4 Å². The Morgan fingerprint density at radius 1 is 0.609 bits per heavy atom. The van der Waals surface area contributed by atoms with Crippen LogP contribution in [0.3, 0.4) is 0 Å². The first-order valence-electron chi connectivity index (χ1n) is 7.92. The first-order valence-corrected chi connectivity index (χ1v) is 7.92. The van der Waals surface area contributed by atoms with Gasteiger partial charge >= 0.3 is 0 Å². The zero-order valence-electron chi connectivity index (χ0n) is 13.5. The summed E-state index contributed by atoms with van der Waals surface area (Å²) in [5.41, 5.74) is 3.81. The van der Waals surface area contributed by atoms with Gasteiger partial charge in [-0.25, -0.2) is 0 Å². The highest BCUT2D eigenvalue weighted by Gasteiger charge is 2.09. The van der Waals surface area contributed by atoms with Gasteiger partial charge in [0.15, 0.2) is 0 Å². The lowest BCUT2D eigenvalue weighted by molar-refractivity contribution is 1.13. The largest absolute Gasteiger partial charge is 0.378 e. The Hall–Kier alpha value is -2.80. The predicted molar refractivity (Wildman–Crippen MR) is 101 cm³/mol. The Balaban J connectivity index is 2.06. The summed E-state index contributed by atoms with van der Waals surface area (Å²) in [7, 11) is 4.14. The predicted octanol–water partition coefficient (Wildman–Crippen LogP) is 5.73. The van der Waals surface area contributed by atoms with Crippen LogP contribution in [-0.2, 0) is 0 Å². The van der Waals surface area contributed by atoms with Crippen LogP contribution in [0.4, 0.5) is 5.69 Å². The average molecular weight is 297 g/mol. The minimum absolute atomic E-state index is 1.22. The number of anilines is 1. The van der Waals surface area contributed by atoms with Crippen LogP contribution in [0.15, 0.2) is 78.9 Å². The normalized spacial score (nSPS) is 11.0. The Bertz CT molecular complexity index is 928. The SMILES string of the molecule is CN(C)c1ccc(-c2c3ccccc3cc3ccccc23)cc1. The quantitative estimate of drug-likeness (QED) is 0.427. The van der Waals surface area contributed by atoms with Gasteiger partial charge in [0.2, 0.25) is 0 Å². The number of hydrogen-bond donors (Lipinski definition) is 0. The van der Waals surface area contributed by atoms with Crippen molar-refractivity contribution in [2.24, 2.45) is 0 Å². The standard InChI is InChI=1S/C22H19N/c1-23(2)19-13-11-16(12-14-19)22-20-9-5-3-7-17(20)15-18-8-4-6-10-21(18)22/h3-15H,1-2H3. The molecule has 4 aromatic rings. The van der Waals surface area contributed by atoms with Crippen molar-refractivity contribution in [3.63, 3.8) is 0 Å². The number of nitrogens with zero attached hydrogens (tertiary/aromatic N) is 1. The first-order chi connectivity index (χ1) is 11.2. The lowest BCUT2D eigenvalue weighted by atomic mass is 9.92. The number of hydrogen-bond acceptors (Lipinski definition) is 1. The Kier molecular flexibility index (Phi) is 3.27. The Labute approximate surface area is 136 Å². The van der Waals surface area contributed by atoms with Gasteiger partial charge in [-0.1, -0.05) is 60.7 Å². The molecular formula is C22H19N. The molecular weight excluding hydrogens is 278 g/mol. The maximum absolute atomic E-state index is 2.28. The summed E-state index contributed by atoms with van der Waals surface area (Å²) in [6, 6.07) is 28.4. The zero-order chi connectivity index (χ0) is 15.8. The molecule has 0 aliphatic heterocycles. The van der Waals surface area contributed by atoms with Crippen molar-refractivity contribution in [3.8, 4) is 11.1 Å². The summed E-state index contributed by atoms with van der Waals surface area (Å²) in [5, 5.41) is 5.20. The van der Waals surface area contributed by atoms with Crippen LogP contribution < -0.4 is 4.90 Å². The Morgan fingerprint density at radius 3 is 1.65 bits per heavy atom. The summed E-state index contributed by atoms with van der Waals surface area (Å²) < 4.78 is 0. The third-order valence-corrected chi connectivity index (χ3v) is 4.44. The van der Waals surface area contributed by atoms with E-state index >= 15 is 0 Å². The second kappa shape index (κ2) is 5.44. The van der Waals surface area contributed by atoms with Gasteiger partial charge in [-0.05, 0) is 50.9 Å². The van der Waals surface area contributed by atoms with Gasteiger partial charge in [-0.15, -0.1) is 0 Å². The second-order valence-electron chi connectivity index (χ2n) is 6.14. The van der Waals surface area contributed by atoms with E-state index in [2.05, 4.69) is 97.9 Å². The van der Waals surface area contributed by atoms with E-state index < -0.39 is 0 Å². The molecule has 0 radical (unpaired) electrons. The fourth-order valence-corrected chi connectivity index (χ4v) is 3.25. The van der Waals surface area contributed by atoms with E-state index in [1.807, 2.05) is 0 Å². The molecule has 0 atom stereocenters. The fourth-order valence-electron chi connectivity index (χ4n) is 3.25. The molecule has 112 valence electrons. The second-order valence-corrected chi connectivity index (χ2v) is 6.14. The van der Waals surface area contributed by atoms with Crippen molar-refractivity contribution in [1.82, 2.24) is 0 Å². The highest BCUT2D eigenvalue weighted by molar-refractivity contribution is 6.12. The monoisotopic (exact) mass is 297 g/mol. The molecule has 0 spiro atoms. The third kappa shape index (κ3) is 2.35. The van der Waals surface area contributed by atoms with Crippen LogP contribution in [0.1, 0.15) is 0 Å². The average Bonchev–Trinajstić information content (AvgIpc) is 2.59. The lowest BCUT2D eigenvalue weighted by Crippen LogP contribution is -2.07. The molecule has 0 aliphatic carbocycles. The van der Waals surface area contributed by atoms with E-state index in [-0.39, 0.29) is 0 Å². The highest BCUT2D eigenvalue weighted by atomic mass is 15.1. The van der Waals surface area contributed by atoms with Crippen LogP contribution in [-0.4, -0.2) is 14.1 Å². The molecule has 0 saturated heterocycles. The van der Waals surface area contributed by atoms with Crippen molar-refractivity contribution >= 4 is 27.2 Å². The fraction of sp³-hybridized carbons (Fsp3) is 0.0909. The molecule has 0 bridgehead atoms. The van der Waals surface area contributed by atoms with Gasteiger partial charge in [-0.2, -0.15) is 0 Å². The van der Waals surface area contributed by atoms with Gasteiger partial charge < -0.3 is 4.90 Å². The minimum atomic E-state index is 1.22. The molecule has 1 heteroatoms. The Morgan fingerprint density at radius 2 is 1.13 bits per heavy atom. The summed E-state index contributed by atoms with van der Waals surface area (Å²) >= 11 is 0. The van der Waals surface area contributed by atoms with Crippen molar-refractivity contribution in [3.05, 3.63) is 78.9 Å². The molecule has 1 nitrogen and oxygen atoms in total. The van der Waals surface area contributed by atoms with Gasteiger partial charge in [0.1, 0.15) is 0 Å². The van der Waals surface area contributed by atoms with Crippen molar-refractivity contribution < 1.29 is 0 Å². The highest BCUT2D eigenvalue weighted by Crippen LogP contribution is 2.36. The lowest BCUT2D eigenvalue weighted by Gasteiger charge is -2.15. The zero-order valence-corrected chi connectivity index (χ0v) is 13.5. The van der Waals surface area contributed by atoms with E-state index in [1.54, 1.807) is 0 Å². The number of fused-ring (bicyclic) bond motifs is 2. The van der Waals surface area contributed by atoms with E-state index in [0.29, 0.717) is 0 Å². The smallest absolute Gasteiger partial charge is 0.0361 e. The van der Waals surface area contributed by atoms with E-state index in [4.69, 9.17) is 0 Å². The maximum atomic E-state index is 2.28. The maximum Gasteiger partial charge on any atom is 0.0361 e. The van der Waals surface area contributed by atoms with Gasteiger partial charge in [0.05, 0.1) is 0 Å². The molecule has 0 aromatic heterocycles. The van der Waals surface area contributed by atoms with Gasteiger partial charge in [0, 0.05) is 19.8 Å². The van der Waals surface area contributed by atoms with Crippen molar-refractivity contribution in [2.45, 2.75) is 0 Å².